The lowest BCUT2D eigenvalue weighted by molar-refractivity contribution is 0.0980. The predicted octanol–water partition coefficient (Wildman–Crippen LogP) is 5.45. The van der Waals surface area contributed by atoms with Crippen molar-refractivity contribution in [3.8, 4) is 5.75 Å². The van der Waals surface area contributed by atoms with Gasteiger partial charge in [-0.05, 0) is 61.0 Å². The largest absolute Gasteiger partial charge is 0.497 e. The number of rotatable bonds is 7. The van der Waals surface area contributed by atoms with E-state index < -0.39 is 15.1 Å². The van der Waals surface area contributed by atoms with Crippen LogP contribution in [0.2, 0.25) is 5.02 Å². The molecule has 0 fully saturated rings. The minimum atomic E-state index is -3.79. The van der Waals surface area contributed by atoms with Gasteiger partial charge in [-0.25, -0.2) is 8.42 Å². The second-order valence-corrected chi connectivity index (χ2v) is 9.32. The van der Waals surface area contributed by atoms with Crippen molar-refractivity contribution >= 4 is 27.2 Å². The van der Waals surface area contributed by atoms with E-state index in [2.05, 4.69) is 0 Å². The van der Waals surface area contributed by atoms with E-state index in [-0.39, 0.29) is 17.1 Å². The van der Waals surface area contributed by atoms with Gasteiger partial charge in [0.1, 0.15) is 5.75 Å². The van der Waals surface area contributed by atoms with Crippen LogP contribution in [0.25, 0.3) is 0 Å². The molecule has 3 aromatic carbocycles. The molecular weight excluding hydrogens is 408 g/mol. The normalized spacial score (nSPS) is 12.4. The summed E-state index contributed by atoms with van der Waals surface area (Å²) < 4.78 is 32.0. The Morgan fingerprint density at radius 2 is 1.52 bits per heavy atom. The molecule has 0 unspecified atom stereocenters. The number of ether oxygens (including phenoxy) is 1. The molecule has 0 amide bonds. The molecule has 3 rings (SSSR count). The van der Waals surface area contributed by atoms with Gasteiger partial charge < -0.3 is 4.74 Å². The number of hydrogen-bond acceptors (Lipinski definition) is 4. The fraction of sp³-hybridized carbons (Fsp3) is 0.174. The number of methoxy groups -OCH3 is 1. The van der Waals surface area contributed by atoms with Crippen molar-refractivity contribution in [3.63, 3.8) is 0 Å². The zero-order chi connectivity index (χ0) is 21.0. The van der Waals surface area contributed by atoms with Gasteiger partial charge in [0.05, 0.1) is 17.3 Å². The molecule has 0 radical (unpaired) electrons. The van der Waals surface area contributed by atoms with Gasteiger partial charge in [0, 0.05) is 17.0 Å². The molecule has 0 aliphatic carbocycles. The summed E-state index contributed by atoms with van der Waals surface area (Å²) in [7, 11) is -2.25. The smallest absolute Gasteiger partial charge is 0.185 e. The van der Waals surface area contributed by atoms with Gasteiger partial charge in [0.2, 0.25) is 0 Å². The number of aryl methyl sites for hydroxylation is 1. The van der Waals surface area contributed by atoms with Crippen LogP contribution >= 0.6 is 11.6 Å². The van der Waals surface area contributed by atoms with Gasteiger partial charge >= 0.3 is 0 Å². The molecule has 0 saturated carbocycles. The van der Waals surface area contributed by atoms with Crippen molar-refractivity contribution in [1.29, 1.82) is 0 Å². The first kappa shape index (κ1) is 21.1. The van der Waals surface area contributed by atoms with Crippen LogP contribution in [0.15, 0.2) is 77.7 Å². The zero-order valence-corrected chi connectivity index (χ0v) is 17.7. The molecule has 29 heavy (non-hydrogen) atoms. The van der Waals surface area contributed by atoms with E-state index in [0.717, 1.165) is 5.56 Å². The van der Waals surface area contributed by atoms with Crippen LogP contribution in [-0.4, -0.2) is 21.3 Å². The first-order valence-corrected chi connectivity index (χ1v) is 11.0. The maximum absolute atomic E-state index is 13.4. The Morgan fingerprint density at radius 1 is 0.931 bits per heavy atom. The van der Waals surface area contributed by atoms with Crippen LogP contribution in [0.1, 0.15) is 33.2 Å². The average molecular weight is 429 g/mol. The van der Waals surface area contributed by atoms with Crippen molar-refractivity contribution in [1.82, 2.24) is 0 Å². The van der Waals surface area contributed by atoms with E-state index in [4.69, 9.17) is 16.3 Å². The Kier molecular flexibility index (Phi) is 6.40. The second kappa shape index (κ2) is 8.80. The molecule has 0 spiro atoms. The van der Waals surface area contributed by atoms with Crippen molar-refractivity contribution in [2.75, 3.05) is 7.11 Å². The monoisotopic (exact) mass is 428 g/mol. The highest BCUT2D eigenvalue weighted by atomic mass is 35.5. The van der Waals surface area contributed by atoms with E-state index in [9.17, 15) is 13.2 Å². The molecule has 1 atom stereocenters. The third-order valence-corrected chi connectivity index (χ3v) is 7.12. The molecule has 0 N–H and O–H groups in total. The van der Waals surface area contributed by atoms with Gasteiger partial charge in [-0.15, -0.1) is 0 Å². The fourth-order valence-electron chi connectivity index (χ4n) is 3.04. The summed E-state index contributed by atoms with van der Waals surface area (Å²) in [6, 6.07) is 19.9. The van der Waals surface area contributed by atoms with Crippen molar-refractivity contribution in [2.45, 2.75) is 23.5 Å². The summed E-state index contributed by atoms with van der Waals surface area (Å²) in [5.74, 6) is 0.349. The number of carbonyl (C=O) groups is 1. The number of sulfone groups is 1. The first-order valence-electron chi connectivity index (χ1n) is 9.04. The number of ketones is 1. The van der Waals surface area contributed by atoms with E-state index in [0.29, 0.717) is 21.9 Å². The molecule has 0 heterocycles. The summed E-state index contributed by atoms with van der Waals surface area (Å²) in [6.45, 7) is 1.89. The minimum absolute atomic E-state index is 0.176. The quantitative estimate of drug-likeness (QED) is 0.470. The Balaban J connectivity index is 2.01. The van der Waals surface area contributed by atoms with Crippen molar-refractivity contribution < 1.29 is 17.9 Å². The van der Waals surface area contributed by atoms with E-state index in [1.807, 2.05) is 6.92 Å². The molecule has 6 heteroatoms. The Hall–Kier alpha value is -2.63. The number of carbonyl (C=O) groups excluding carboxylic acids is 1. The number of halogens is 1. The first-order chi connectivity index (χ1) is 13.8. The van der Waals surface area contributed by atoms with Crippen molar-refractivity contribution in [2.24, 2.45) is 0 Å². The molecule has 3 aromatic rings. The molecule has 0 aromatic heterocycles. The molecule has 0 aliphatic heterocycles. The van der Waals surface area contributed by atoms with Crippen LogP contribution in [0.3, 0.4) is 0 Å². The number of Topliss-reactive ketones (excluding diaryl/α,β-unsaturated/α-hetero) is 1. The predicted molar refractivity (Wildman–Crippen MR) is 114 cm³/mol. The Labute approximate surface area is 176 Å². The molecule has 0 saturated heterocycles. The van der Waals surface area contributed by atoms with Crippen molar-refractivity contribution in [3.05, 3.63) is 94.5 Å². The second-order valence-electron chi connectivity index (χ2n) is 6.75. The van der Waals surface area contributed by atoms with Crippen LogP contribution in [0.4, 0.5) is 0 Å². The highest BCUT2D eigenvalue weighted by Gasteiger charge is 2.31. The SMILES string of the molecule is COc1ccc([C@H](CC(=O)c2ccc(Cl)cc2)S(=O)(=O)c2ccc(C)cc2)cc1. The van der Waals surface area contributed by atoms with Crippen LogP contribution < -0.4 is 4.74 Å². The molecule has 4 nitrogen and oxygen atoms in total. The van der Waals surface area contributed by atoms with Crippen LogP contribution in [-0.2, 0) is 9.84 Å². The lowest BCUT2D eigenvalue weighted by Gasteiger charge is -2.18. The Morgan fingerprint density at radius 3 is 2.07 bits per heavy atom. The summed E-state index contributed by atoms with van der Waals surface area (Å²) in [4.78, 5) is 13.1. The summed E-state index contributed by atoms with van der Waals surface area (Å²) in [5, 5.41) is -0.500. The highest BCUT2D eigenvalue weighted by molar-refractivity contribution is 7.91. The Bertz CT molecular complexity index is 1090. The third kappa shape index (κ3) is 4.86. The number of hydrogen-bond donors (Lipinski definition) is 0. The summed E-state index contributed by atoms with van der Waals surface area (Å²) >= 11 is 5.89. The van der Waals surface area contributed by atoms with E-state index >= 15 is 0 Å². The lowest BCUT2D eigenvalue weighted by Crippen LogP contribution is -2.18. The summed E-state index contributed by atoms with van der Waals surface area (Å²) in [5.41, 5.74) is 1.92. The molecule has 0 bridgehead atoms. The molecule has 150 valence electrons. The fourth-order valence-corrected chi connectivity index (χ4v) is 4.90. The maximum Gasteiger partial charge on any atom is 0.185 e. The molecule has 0 aliphatic rings. The average Bonchev–Trinajstić information content (AvgIpc) is 2.72. The standard InChI is InChI=1S/C23H21ClO4S/c1-16-3-13-21(14-4-16)29(26,27)23(18-7-11-20(28-2)12-8-18)15-22(25)17-5-9-19(24)10-6-17/h3-14,23H,15H2,1-2H3/t23-/m0/s1. The van der Waals surface area contributed by atoms with Gasteiger partial charge in [0.15, 0.2) is 15.6 Å². The van der Waals surface area contributed by atoms with Gasteiger partial charge in [-0.3, -0.25) is 4.79 Å². The lowest BCUT2D eigenvalue weighted by atomic mass is 10.0. The maximum atomic E-state index is 13.4. The zero-order valence-electron chi connectivity index (χ0n) is 16.1. The highest BCUT2D eigenvalue weighted by Crippen LogP contribution is 2.34. The minimum Gasteiger partial charge on any atom is -0.497 e. The van der Waals surface area contributed by atoms with Gasteiger partial charge in [-0.2, -0.15) is 0 Å². The summed E-state index contributed by atoms with van der Waals surface area (Å²) in [6.07, 6.45) is -0.176. The van der Waals surface area contributed by atoms with Gasteiger partial charge in [0.25, 0.3) is 0 Å². The van der Waals surface area contributed by atoms with E-state index in [1.54, 1.807) is 79.9 Å². The van der Waals surface area contributed by atoms with E-state index in [1.165, 1.54) is 0 Å². The molecular formula is C23H21ClO4S. The van der Waals surface area contributed by atoms with Gasteiger partial charge in [-0.1, -0.05) is 41.4 Å². The topological polar surface area (TPSA) is 60.4 Å². The van der Waals surface area contributed by atoms with Crippen LogP contribution in [0, 0.1) is 6.92 Å². The number of benzene rings is 3. The van der Waals surface area contributed by atoms with Crippen LogP contribution in [0.5, 0.6) is 5.75 Å². The third-order valence-electron chi connectivity index (χ3n) is 4.75.